The molecule has 0 saturated carbocycles. The molecule has 0 heterocycles. The highest BCUT2D eigenvalue weighted by molar-refractivity contribution is 8.00. The van der Waals surface area contributed by atoms with Crippen molar-refractivity contribution in [3.63, 3.8) is 0 Å². The molecule has 0 fully saturated rings. The molecule has 0 aliphatic heterocycles. The number of benzene rings is 3. The first-order valence-electron chi connectivity index (χ1n) is 11.1. The zero-order valence-electron chi connectivity index (χ0n) is 18.7. The van der Waals surface area contributed by atoms with Gasteiger partial charge in [0, 0.05) is 29.4 Å². The lowest BCUT2D eigenvalue weighted by molar-refractivity contribution is -0.139. The predicted octanol–water partition coefficient (Wildman–Crippen LogP) is 5.60. The van der Waals surface area contributed by atoms with Gasteiger partial charge in [-0.05, 0) is 41.8 Å². The lowest BCUT2D eigenvalue weighted by Crippen LogP contribution is -2.51. The Morgan fingerprint density at radius 2 is 1.61 bits per heavy atom. The van der Waals surface area contributed by atoms with Crippen LogP contribution in [0.25, 0.3) is 0 Å². The van der Waals surface area contributed by atoms with Crippen LogP contribution in [0.2, 0.25) is 5.02 Å². The molecule has 4 nitrogen and oxygen atoms in total. The molecule has 0 aliphatic carbocycles. The maximum Gasteiger partial charge on any atom is 0.243 e. The van der Waals surface area contributed by atoms with Gasteiger partial charge in [0.15, 0.2) is 0 Å². The van der Waals surface area contributed by atoms with Gasteiger partial charge in [0.05, 0.1) is 5.75 Å². The molecule has 0 saturated heterocycles. The first kappa shape index (κ1) is 24.9. The van der Waals surface area contributed by atoms with Gasteiger partial charge in [-0.25, -0.2) is 0 Å². The van der Waals surface area contributed by atoms with E-state index in [9.17, 15) is 9.59 Å². The normalized spacial score (nSPS) is 11.6. The second-order valence-corrected chi connectivity index (χ2v) is 9.24. The minimum atomic E-state index is -0.623. The van der Waals surface area contributed by atoms with Crippen LogP contribution >= 0.6 is 23.4 Å². The lowest BCUT2D eigenvalue weighted by atomic mass is 10.0. The van der Waals surface area contributed by atoms with Gasteiger partial charge in [-0.2, -0.15) is 0 Å². The number of rotatable bonds is 11. The molecule has 1 atom stereocenters. The van der Waals surface area contributed by atoms with Gasteiger partial charge < -0.3 is 10.2 Å². The van der Waals surface area contributed by atoms with E-state index in [1.165, 1.54) is 11.8 Å². The number of nitrogens with one attached hydrogen (secondary N) is 1. The third-order valence-corrected chi connectivity index (χ3v) is 6.40. The van der Waals surface area contributed by atoms with Crippen LogP contribution in [0.4, 0.5) is 0 Å². The second kappa shape index (κ2) is 13.1. The number of amides is 2. The van der Waals surface area contributed by atoms with E-state index in [4.69, 9.17) is 11.6 Å². The summed E-state index contributed by atoms with van der Waals surface area (Å²) in [5, 5.41) is 3.60. The monoisotopic (exact) mass is 480 g/mol. The molecule has 0 radical (unpaired) electrons. The van der Waals surface area contributed by atoms with Crippen molar-refractivity contribution in [1.82, 2.24) is 10.2 Å². The summed E-state index contributed by atoms with van der Waals surface area (Å²) in [7, 11) is 0. The fraction of sp³-hybridized carbons (Fsp3) is 0.259. The van der Waals surface area contributed by atoms with Crippen LogP contribution < -0.4 is 5.32 Å². The fourth-order valence-electron chi connectivity index (χ4n) is 3.50. The summed E-state index contributed by atoms with van der Waals surface area (Å²) in [6, 6.07) is 26.4. The number of carbonyl (C=O) groups is 2. The summed E-state index contributed by atoms with van der Waals surface area (Å²) in [6.07, 6.45) is 1.27. The number of thioether (sulfide) groups is 1. The molecule has 0 spiro atoms. The zero-order chi connectivity index (χ0) is 23.5. The largest absolute Gasteiger partial charge is 0.354 e. The molecule has 0 bridgehead atoms. The molecule has 1 N–H and O–H groups in total. The highest BCUT2D eigenvalue weighted by Crippen LogP contribution is 2.21. The van der Waals surface area contributed by atoms with Crippen LogP contribution in [-0.2, 0) is 22.6 Å². The summed E-state index contributed by atoms with van der Waals surface area (Å²) in [5.74, 6) is 0.0221. The summed E-state index contributed by atoms with van der Waals surface area (Å²) in [5.41, 5.74) is 1.90. The van der Waals surface area contributed by atoms with E-state index in [1.54, 1.807) is 11.0 Å². The molecule has 0 unspecified atom stereocenters. The summed E-state index contributed by atoms with van der Waals surface area (Å²) in [6.45, 7) is 2.89. The predicted molar refractivity (Wildman–Crippen MR) is 136 cm³/mol. The average Bonchev–Trinajstić information content (AvgIpc) is 2.84. The Kier molecular flexibility index (Phi) is 9.85. The molecule has 33 heavy (non-hydrogen) atoms. The summed E-state index contributed by atoms with van der Waals surface area (Å²) < 4.78 is 0. The van der Waals surface area contributed by atoms with Crippen LogP contribution in [0.5, 0.6) is 0 Å². The van der Waals surface area contributed by atoms with Crippen molar-refractivity contribution >= 4 is 35.2 Å². The number of hydrogen-bond donors (Lipinski definition) is 1. The van der Waals surface area contributed by atoms with E-state index in [1.807, 2.05) is 85.8 Å². The van der Waals surface area contributed by atoms with E-state index in [-0.39, 0.29) is 17.6 Å². The molecule has 172 valence electrons. The number of halogens is 1. The van der Waals surface area contributed by atoms with Gasteiger partial charge >= 0.3 is 0 Å². The molecule has 2 amide bonds. The number of hydrogen-bond acceptors (Lipinski definition) is 3. The number of carbonyl (C=O) groups excluding carboxylic acids is 2. The van der Waals surface area contributed by atoms with Gasteiger partial charge in [0.25, 0.3) is 0 Å². The van der Waals surface area contributed by atoms with Crippen molar-refractivity contribution in [2.75, 3.05) is 12.3 Å². The quantitative estimate of drug-likeness (QED) is 0.363. The Hall–Kier alpha value is -2.76. The maximum absolute atomic E-state index is 13.5. The summed E-state index contributed by atoms with van der Waals surface area (Å²) >= 11 is 7.68. The van der Waals surface area contributed by atoms with Crippen molar-refractivity contribution in [1.29, 1.82) is 0 Å². The van der Waals surface area contributed by atoms with E-state index < -0.39 is 6.04 Å². The van der Waals surface area contributed by atoms with Gasteiger partial charge in [-0.1, -0.05) is 79.2 Å². The standard InChI is InChI=1S/C27H29ClN2O2S/c1-2-16-29-27(32)25(18-21-10-5-3-6-11-21)30(19-22-12-9-13-23(28)17-22)26(31)20-33-24-14-7-4-8-15-24/h3-15,17,25H,2,16,18-20H2,1H3,(H,29,32)/t25-/m0/s1. The molecule has 3 aromatic rings. The minimum Gasteiger partial charge on any atom is -0.354 e. The van der Waals surface area contributed by atoms with Crippen molar-refractivity contribution < 1.29 is 9.59 Å². The Labute approximate surface area is 205 Å². The van der Waals surface area contributed by atoms with Crippen LogP contribution in [0.3, 0.4) is 0 Å². The van der Waals surface area contributed by atoms with Crippen LogP contribution in [0.15, 0.2) is 89.8 Å². The molecular formula is C27H29ClN2O2S. The van der Waals surface area contributed by atoms with Crippen molar-refractivity contribution in [2.24, 2.45) is 0 Å². The van der Waals surface area contributed by atoms with Crippen LogP contribution in [-0.4, -0.2) is 35.1 Å². The van der Waals surface area contributed by atoms with Gasteiger partial charge in [-0.15, -0.1) is 11.8 Å². The molecule has 0 aromatic heterocycles. The third-order valence-electron chi connectivity index (χ3n) is 5.17. The third kappa shape index (κ3) is 7.95. The lowest BCUT2D eigenvalue weighted by Gasteiger charge is -2.31. The molecule has 0 aliphatic rings. The maximum atomic E-state index is 13.5. The summed E-state index contributed by atoms with van der Waals surface area (Å²) in [4.78, 5) is 29.5. The van der Waals surface area contributed by atoms with Crippen LogP contribution in [0, 0.1) is 0 Å². The molecule has 3 aromatic carbocycles. The Morgan fingerprint density at radius 3 is 2.27 bits per heavy atom. The van der Waals surface area contributed by atoms with E-state index in [0.29, 0.717) is 24.5 Å². The van der Waals surface area contributed by atoms with Gasteiger partial charge in [0.2, 0.25) is 11.8 Å². The fourth-order valence-corrected chi connectivity index (χ4v) is 4.52. The van der Waals surface area contributed by atoms with Crippen molar-refractivity contribution in [2.45, 2.75) is 37.2 Å². The van der Waals surface area contributed by atoms with Crippen LogP contribution in [0.1, 0.15) is 24.5 Å². The van der Waals surface area contributed by atoms with Gasteiger partial charge in [0.1, 0.15) is 6.04 Å². The number of nitrogens with zero attached hydrogens (tertiary/aromatic N) is 1. The molecular weight excluding hydrogens is 452 g/mol. The highest BCUT2D eigenvalue weighted by atomic mass is 35.5. The zero-order valence-corrected chi connectivity index (χ0v) is 20.3. The van der Waals surface area contributed by atoms with Crippen molar-refractivity contribution in [3.05, 3.63) is 101 Å². The smallest absolute Gasteiger partial charge is 0.243 e. The van der Waals surface area contributed by atoms with Crippen molar-refractivity contribution in [3.8, 4) is 0 Å². The Bertz CT molecular complexity index is 1030. The topological polar surface area (TPSA) is 49.4 Å². The van der Waals surface area contributed by atoms with E-state index >= 15 is 0 Å². The molecule has 3 rings (SSSR count). The molecule has 6 heteroatoms. The van der Waals surface area contributed by atoms with Gasteiger partial charge in [-0.3, -0.25) is 9.59 Å². The second-order valence-electron chi connectivity index (χ2n) is 7.75. The Balaban J connectivity index is 1.88. The first-order valence-corrected chi connectivity index (χ1v) is 12.5. The first-order chi connectivity index (χ1) is 16.1. The average molecular weight is 481 g/mol. The minimum absolute atomic E-state index is 0.0867. The highest BCUT2D eigenvalue weighted by Gasteiger charge is 2.30. The SMILES string of the molecule is CCCNC(=O)[C@H](Cc1ccccc1)N(Cc1cccc(Cl)c1)C(=O)CSc1ccccc1. The van der Waals surface area contributed by atoms with E-state index in [2.05, 4.69) is 5.32 Å². The Morgan fingerprint density at radius 1 is 0.939 bits per heavy atom. The van der Waals surface area contributed by atoms with E-state index in [0.717, 1.165) is 22.4 Å².